The van der Waals surface area contributed by atoms with Crippen LogP contribution in [0, 0.1) is 0 Å². The van der Waals surface area contributed by atoms with Gasteiger partial charge in [-0.15, -0.1) is 0 Å². The predicted octanol–water partition coefficient (Wildman–Crippen LogP) is 3.87. The Morgan fingerprint density at radius 3 is 2.22 bits per heavy atom. The molecular weight excluding hydrogens is 334 g/mol. The third-order valence-electron chi connectivity index (χ3n) is 5.20. The highest BCUT2D eigenvalue weighted by molar-refractivity contribution is 5.94. The van der Waals surface area contributed by atoms with Gasteiger partial charge in [0.1, 0.15) is 0 Å². The molecule has 0 spiro atoms. The predicted molar refractivity (Wildman–Crippen MR) is 108 cm³/mol. The molecule has 0 aliphatic carbocycles. The van der Waals surface area contributed by atoms with Crippen LogP contribution >= 0.6 is 0 Å². The maximum atomic E-state index is 12.6. The monoisotopic (exact) mass is 359 g/mol. The van der Waals surface area contributed by atoms with Crippen molar-refractivity contribution in [2.24, 2.45) is 0 Å². The van der Waals surface area contributed by atoms with Gasteiger partial charge in [0.15, 0.2) is 0 Å². The normalized spacial score (nSPS) is 15.6. The van der Waals surface area contributed by atoms with E-state index in [2.05, 4.69) is 40.5 Å². The van der Waals surface area contributed by atoms with Crippen LogP contribution < -0.4 is 5.32 Å². The minimum Gasteiger partial charge on any atom is -0.349 e. The Bertz CT molecular complexity index is 848. The lowest BCUT2D eigenvalue weighted by atomic mass is 10.0. The van der Waals surface area contributed by atoms with Crippen molar-refractivity contribution < 1.29 is 4.79 Å². The summed E-state index contributed by atoms with van der Waals surface area (Å²) < 4.78 is 2.03. The molecule has 27 heavy (non-hydrogen) atoms. The van der Waals surface area contributed by atoms with Gasteiger partial charge in [-0.3, -0.25) is 9.69 Å². The molecule has 1 aromatic heterocycles. The number of rotatable bonds is 5. The average Bonchev–Trinajstić information content (AvgIpc) is 3.25. The van der Waals surface area contributed by atoms with Gasteiger partial charge in [-0.2, -0.15) is 0 Å². The molecule has 2 aromatic carbocycles. The number of carbonyl (C=O) groups excluding carboxylic acids is 1. The number of carbonyl (C=O) groups is 1. The number of nitrogens with one attached hydrogen (secondary N) is 1. The number of hydrogen-bond donors (Lipinski definition) is 1. The van der Waals surface area contributed by atoms with Gasteiger partial charge < -0.3 is 9.88 Å². The SMILES string of the molecule is O=C(NC1CCN(Cc2ccccc2)CC1)c1ccc(-n2cccc2)cc1. The quantitative estimate of drug-likeness (QED) is 0.751. The molecule has 1 aliphatic heterocycles. The molecule has 0 atom stereocenters. The summed E-state index contributed by atoms with van der Waals surface area (Å²) >= 11 is 0. The summed E-state index contributed by atoms with van der Waals surface area (Å²) in [6.07, 6.45) is 6.00. The van der Waals surface area contributed by atoms with Gasteiger partial charge in [-0.05, 0) is 54.8 Å². The zero-order valence-corrected chi connectivity index (χ0v) is 15.4. The second-order valence-corrected chi connectivity index (χ2v) is 7.15. The van der Waals surface area contributed by atoms with Crippen LogP contribution in [0.1, 0.15) is 28.8 Å². The van der Waals surface area contributed by atoms with Crippen LogP contribution in [0.25, 0.3) is 5.69 Å². The topological polar surface area (TPSA) is 37.3 Å². The highest BCUT2D eigenvalue weighted by Gasteiger charge is 2.21. The van der Waals surface area contributed by atoms with E-state index < -0.39 is 0 Å². The van der Waals surface area contributed by atoms with Gasteiger partial charge in [0.05, 0.1) is 0 Å². The van der Waals surface area contributed by atoms with E-state index in [-0.39, 0.29) is 11.9 Å². The van der Waals surface area contributed by atoms with E-state index in [1.54, 1.807) is 0 Å². The highest BCUT2D eigenvalue weighted by atomic mass is 16.1. The number of benzene rings is 2. The van der Waals surface area contributed by atoms with E-state index in [0.29, 0.717) is 0 Å². The van der Waals surface area contributed by atoms with E-state index in [0.717, 1.165) is 43.7 Å². The smallest absolute Gasteiger partial charge is 0.251 e. The van der Waals surface area contributed by atoms with Crippen LogP contribution in [0.15, 0.2) is 79.1 Å². The summed E-state index contributed by atoms with van der Waals surface area (Å²) in [4.78, 5) is 15.0. The van der Waals surface area contributed by atoms with Crippen LogP contribution in [0.4, 0.5) is 0 Å². The van der Waals surface area contributed by atoms with Crippen molar-refractivity contribution in [1.82, 2.24) is 14.8 Å². The summed E-state index contributed by atoms with van der Waals surface area (Å²) in [7, 11) is 0. The van der Waals surface area contributed by atoms with Crippen molar-refractivity contribution in [1.29, 1.82) is 0 Å². The van der Waals surface area contributed by atoms with Crippen molar-refractivity contribution in [2.75, 3.05) is 13.1 Å². The number of amides is 1. The molecule has 0 radical (unpaired) electrons. The molecule has 3 aromatic rings. The average molecular weight is 359 g/mol. The van der Waals surface area contributed by atoms with Gasteiger partial charge in [-0.1, -0.05) is 30.3 Å². The van der Waals surface area contributed by atoms with Crippen LogP contribution in [-0.2, 0) is 6.54 Å². The van der Waals surface area contributed by atoms with Gasteiger partial charge in [0.2, 0.25) is 0 Å². The third-order valence-corrected chi connectivity index (χ3v) is 5.20. The van der Waals surface area contributed by atoms with Crippen molar-refractivity contribution >= 4 is 5.91 Å². The second-order valence-electron chi connectivity index (χ2n) is 7.15. The summed E-state index contributed by atoms with van der Waals surface area (Å²) in [5.74, 6) is 0.0237. The van der Waals surface area contributed by atoms with Crippen molar-refractivity contribution in [3.8, 4) is 5.69 Å². The Morgan fingerprint density at radius 1 is 0.889 bits per heavy atom. The van der Waals surface area contributed by atoms with Gasteiger partial charge in [0, 0.05) is 49.3 Å². The van der Waals surface area contributed by atoms with Gasteiger partial charge >= 0.3 is 0 Å². The minimum absolute atomic E-state index is 0.0237. The molecule has 4 rings (SSSR count). The van der Waals surface area contributed by atoms with Gasteiger partial charge in [0.25, 0.3) is 5.91 Å². The van der Waals surface area contributed by atoms with Crippen LogP contribution in [0.3, 0.4) is 0 Å². The molecule has 0 unspecified atom stereocenters. The highest BCUT2D eigenvalue weighted by Crippen LogP contribution is 2.15. The summed E-state index contributed by atoms with van der Waals surface area (Å²) in [5, 5.41) is 3.20. The number of likely N-dealkylation sites (tertiary alicyclic amines) is 1. The van der Waals surface area contributed by atoms with Crippen LogP contribution in [-0.4, -0.2) is 34.5 Å². The lowest BCUT2D eigenvalue weighted by Gasteiger charge is -2.32. The molecule has 4 nitrogen and oxygen atoms in total. The standard InChI is InChI=1S/C23H25N3O/c27-23(20-8-10-22(11-9-20)26-14-4-5-15-26)24-21-12-16-25(17-13-21)18-19-6-2-1-3-7-19/h1-11,14-15,21H,12-13,16-18H2,(H,24,27). The maximum absolute atomic E-state index is 12.6. The fourth-order valence-electron chi connectivity index (χ4n) is 3.64. The number of hydrogen-bond acceptors (Lipinski definition) is 2. The zero-order valence-electron chi connectivity index (χ0n) is 15.4. The first kappa shape index (κ1) is 17.6. The Balaban J connectivity index is 1.28. The van der Waals surface area contributed by atoms with Gasteiger partial charge in [-0.25, -0.2) is 0 Å². The van der Waals surface area contributed by atoms with Crippen LogP contribution in [0.5, 0.6) is 0 Å². The summed E-state index contributed by atoms with van der Waals surface area (Å²) in [6, 6.07) is 22.6. The fraction of sp³-hybridized carbons (Fsp3) is 0.261. The number of piperidine rings is 1. The van der Waals surface area contributed by atoms with E-state index >= 15 is 0 Å². The van der Waals surface area contributed by atoms with E-state index in [9.17, 15) is 4.79 Å². The molecule has 0 saturated carbocycles. The second kappa shape index (κ2) is 8.23. The summed E-state index contributed by atoms with van der Waals surface area (Å²) in [6.45, 7) is 3.03. The minimum atomic E-state index is 0.0237. The van der Waals surface area contributed by atoms with E-state index in [1.165, 1.54) is 5.56 Å². The summed E-state index contributed by atoms with van der Waals surface area (Å²) in [5.41, 5.74) is 3.13. The van der Waals surface area contributed by atoms with Crippen molar-refractivity contribution in [3.63, 3.8) is 0 Å². The number of nitrogens with zero attached hydrogens (tertiary/aromatic N) is 2. The number of aromatic nitrogens is 1. The van der Waals surface area contributed by atoms with E-state index in [1.807, 2.05) is 53.4 Å². The lowest BCUT2D eigenvalue weighted by Crippen LogP contribution is -2.44. The van der Waals surface area contributed by atoms with Crippen molar-refractivity contribution in [2.45, 2.75) is 25.4 Å². The van der Waals surface area contributed by atoms with E-state index in [4.69, 9.17) is 0 Å². The largest absolute Gasteiger partial charge is 0.349 e. The molecule has 1 N–H and O–H groups in total. The fourth-order valence-corrected chi connectivity index (χ4v) is 3.64. The molecular formula is C23H25N3O. The molecule has 2 heterocycles. The Morgan fingerprint density at radius 2 is 1.56 bits per heavy atom. The van der Waals surface area contributed by atoms with Crippen LogP contribution in [0.2, 0.25) is 0 Å². The molecule has 0 bridgehead atoms. The molecule has 1 saturated heterocycles. The maximum Gasteiger partial charge on any atom is 0.251 e. The molecule has 138 valence electrons. The molecule has 1 fully saturated rings. The first-order chi connectivity index (χ1) is 13.3. The van der Waals surface area contributed by atoms with Crippen molar-refractivity contribution in [3.05, 3.63) is 90.3 Å². The molecule has 1 aliphatic rings. The third kappa shape index (κ3) is 4.47. The molecule has 1 amide bonds. The molecule has 4 heteroatoms. The Hall–Kier alpha value is -2.85. The Kier molecular flexibility index (Phi) is 5.35. The zero-order chi connectivity index (χ0) is 18.5. The first-order valence-corrected chi connectivity index (χ1v) is 9.58. The first-order valence-electron chi connectivity index (χ1n) is 9.58. The Labute approximate surface area is 160 Å². The lowest BCUT2D eigenvalue weighted by molar-refractivity contribution is 0.0909.